The van der Waals surface area contributed by atoms with Crippen molar-refractivity contribution < 1.29 is 23.1 Å². The van der Waals surface area contributed by atoms with E-state index in [1.54, 1.807) is 18.2 Å². The highest BCUT2D eigenvalue weighted by atomic mass is 35.5. The second-order valence-electron chi connectivity index (χ2n) is 4.93. The topological polar surface area (TPSA) is 68.5 Å². The summed E-state index contributed by atoms with van der Waals surface area (Å²) in [5.41, 5.74) is 0.445. The standard InChI is InChI=1S/C17H11ClFNO4/c1-23-17(22)9-2-4-12(19)13(7-9)20-16(21)15-8-10-6-11(18)3-5-14(10)24-15/h2-8H,1H3,(H,20,21). The number of hydrogen-bond donors (Lipinski definition) is 1. The summed E-state index contributed by atoms with van der Waals surface area (Å²) in [6.45, 7) is 0. The third kappa shape index (κ3) is 3.09. The zero-order valence-electron chi connectivity index (χ0n) is 12.4. The molecule has 122 valence electrons. The van der Waals surface area contributed by atoms with Crippen LogP contribution in [0, 0.1) is 5.82 Å². The molecule has 0 bridgehead atoms. The van der Waals surface area contributed by atoms with Gasteiger partial charge in [-0.05, 0) is 42.5 Å². The molecule has 1 amide bonds. The van der Waals surface area contributed by atoms with Crippen molar-refractivity contribution in [3.8, 4) is 0 Å². The van der Waals surface area contributed by atoms with Crippen molar-refractivity contribution in [1.29, 1.82) is 0 Å². The molecule has 0 saturated heterocycles. The van der Waals surface area contributed by atoms with Gasteiger partial charge in [-0.3, -0.25) is 4.79 Å². The van der Waals surface area contributed by atoms with Crippen LogP contribution in [0.5, 0.6) is 0 Å². The van der Waals surface area contributed by atoms with E-state index < -0.39 is 17.7 Å². The quantitative estimate of drug-likeness (QED) is 0.719. The number of carbonyl (C=O) groups excluding carboxylic acids is 2. The van der Waals surface area contributed by atoms with Crippen molar-refractivity contribution in [2.75, 3.05) is 12.4 Å². The van der Waals surface area contributed by atoms with Crippen molar-refractivity contribution in [3.05, 3.63) is 64.6 Å². The van der Waals surface area contributed by atoms with Crippen molar-refractivity contribution >= 4 is 40.1 Å². The summed E-state index contributed by atoms with van der Waals surface area (Å²) in [7, 11) is 1.21. The number of fused-ring (bicyclic) bond motifs is 1. The Kier molecular flexibility index (Phi) is 4.22. The molecule has 3 rings (SSSR count). The van der Waals surface area contributed by atoms with Crippen LogP contribution in [-0.2, 0) is 4.74 Å². The Morgan fingerprint density at radius 3 is 2.71 bits per heavy atom. The van der Waals surface area contributed by atoms with Crippen LogP contribution in [0.15, 0.2) is 46.9 Å². The number of esters is 1. The number of methoxy groups -OCH3 is 1. The van der Waals surface area contributed by atoms with E-state index in [1.807, 2.05) is 0 Å². The molecule has 24 heavy (non-hydrogen) atoms. The Hall–Kier alpha value is -2.86. The predicted molar refractivity (Wildman–Crippen MR) is 86.9 cm³/mol. The first-order valence-electron chi connectivity index (χ1n) is 6.86. The number of rotatable bonds is 3. The van der Waals surface area contributed by atoms with E-state index in [0.717, 1.165) is 6.07 Å². The summed E-state index contributed by atoms with van der Waals surface area (Å²) in [5.74, 6) is -1.97. The molecule has 0 radical (unpaired) electrons. The number of carbonyl (C=O) groups is 2. The van der Waals surface area contributed by atoms with Crippen LogP contribution in [0.2, 0.25) is 5.02 Å². The first-order valence-corrected chi connectivity index (χ1v) is 7.24. The zero-order chi connectivity index (χ0) is 17.3. The lowest BCUT2D eigenvalue weighted by Crippen LogP contribution is -2.13. The molecule has 0 aliphatic rings. The van der Waals surface area contributed by atoms with E-state index in [1.165, 1.54) is 25.3 Å². The van der Waals surface area contributed by atoms with Crippen molar-refractivity contribution in [2.45, 2.75) is 0 Å². The third-order valence-corrected chi connectivity index (χ3v) is 3.57. The highest BCUT2D eigenvalue weighted by Crippen LogP contribution is 2.24. The van der Waals surface area contributed by atoms with Gasteiger partial charge in [0.25, 0.3) is 5.91 Å². The van der Waals surface area contributed by atoms with Crippen LogP contribution in [-0.4, -0.2) is 19.0 Å². The number of benzene rings is 2. The van der Waals surface area contributed by atoms with Gasteiger partial charge in [0.1, 0.15) is 11.4 Å². The molecule has 1 N–H and O–H groups in total. The molecule has 0 saturated carbocycles. The molecule has 0 aliphatic heterocycles. The zero-order valence-corrected chi connectivity index (χ0v) is 13.2. The number of anilines is 1. The summed E-state index contributed by atoms with van der Waals surface area (Å²) in [5, 5.41) is 3.53. The first kappa shape index (κ1) is 16.0. The van der Waals surface area contributed by atoms with Gasteiger partial charge in [-0.25, -0.2) is 9.18 Å². The normalized spacial score (nSPS) is 10.6. The molecule has 2 aromatic carbocycles. The van der Waals surface area contributed by atoms with E-state index in [0.29, 0.717) is 16.0 Å². The average molecular weight is 348 g/mol. The van der Waals surface area contributed by atoms with Crippen LogP contribution < -0.4 is 5.32 Å². The lowest BCUT2D eigenvalue weighted by Gasteiger charge is -2.06. The highest BCUT2D eigenvalue weighted by Gasteiger charge is 2.16. The smallest absolute Gasteiger partial charge is 0.337 e. The van der Waals surface area contributed by atoms with Gasteiger partial charge in [-0.1, -0.05) is 11.6 Å². The molecule has 0 fully saturated rings. The second-order valence-corrected chi connectivity index (χ2v) is 5.37. The molecule has 3 aromatic rings. The van der Waals surface area contributed by atoms with Crippen LogP contribution >= 0.6 is 11.6 Å². The van der Waals surface area contributed by atoms with Gasteiger partial charge in [0.15, 0.2) is 5.76 Å². The molecule has 0 spiro atoms. The van der Waals surface area contributed by atoms with Crippen LogP contribution in [0.1, 0.15) is 20.9 Å². The number of amides is 1. The molecule has 1 heterocycles. The minimum Gasteiger partial charge on any atom is -0.465 e. The Morgan fingerprint density at radius 1 is 1.17 bits per heavy atom. The third-order valence-electron chi connectivity index (χ3n) is 3.34. The first-order chi connectivity index (χ1) is 11.5. The lowest BCUT2D eigenvalue weighted by molar-refractivity contribution is 0.0600. The number of halogens is 2. The molecule has 0 unspecified atom stereocenters. The summed E-state index contributed by atoms with van der Waals surface area (Å²) < 4.78 is 23.8. The van der Waals surface area contributed by atoms with E-state index in [-0.39, 0.29) is 17.0 Å². The highest BCUT2D eigenvalue weighted by molar-refractivity contribution is 6.31. The average Bonchev–Trinajstić information content (AvgIpc) is 2.99. The molecular formula is C17H11ClFNO4. The van der Waals surface area contributed by atoms with Crippen molar-refractivity contribution in [1.82, 2.24) is 0 Å². The molecule has 7 heteroatoms. The van der Waals surface area contributed by atoms with Gasteiger partial charge in [-0.2, -0.15) is 0 Å². The fourth-order valence-electron chi connectivity index (χ4n) is 2.18. The number of hydrogen-bond acceptors (Lipinski definition) is 4. The summed E-state index contributed by atoms with van der Waals surface area (Å²) >= 11 is 5.88. The molecule has 0 atom stereocenters. The largest absolute Gasteiger partial charge is 0.465 e. The van der Waals surface area contributed by atoms with Crippen LogP contribution in [0.25, 0.3) is 11.0 Å². The van der Waals surface area contributed by atoms with Gasteiger partial charge >= 0.3 is 5.97 Å². The van der Waals surface area contributed by atoms with Crippen molar-refractivity contribution in [2.24, 2.45) is 0 Å². The fourth-order valence-corrected chi connectivity index (χ4v) is 2.36. The fraction of sp³-hybridized carbons (Fsp3) is 0.0588. The second kappa shape index (κ2) is 6.33. The van der Waals surface area contributed by atoms with E-state index in [2.05, 4.69) is 10.1 Å². The maximum atomic E-state index is 13.9. The Morgan fingerprint density at radius 2 is 1.96 bits per heavy atom. The van der Waals surface area contributed by atoms with Gasteiger partial charge < -0.3 is 14.5 Å². The Bertz CT molecular complexity index is 951. The predicted octanol–water partition coefficient (Wildman–Crippen LogP) is 4.26. The van der Waals surface area contributed by atoms with E-state index in [9.17, 15) is 14.0 Å². The number of nitrogens with one attached hydrogen (secondary N) is 1. The monoisotopic (exact) mass is 347 g/mol. The maximum Gasteiger partial charge on any atom is 0.337 e. The van der Waals surface area contributed by atoms with Crippen molar-refractivity contribution in [3.63, 3.8) is 0 Å². The van der Waals surface area contributed by atoms with Gasteiger partial charge in [0.2, 0.25) is 0 Å². The summed E-state index contributed by atoms with van der Waals surface area (Å²) in [6.07, 6.45) is 0. The molecule has 1 aromatic heterocycles. The summed E-state index contributed by atoms with van der Waals surface area (Å²) in [4.78, 5) is 23.7. The van der Waals surface area contributed by atoms with Gasteiger partial charge in [0.05, 0.1) is 18.4 Å². The lowest BCUT2D eigenvalue weighted by atomic mass is 10.2. The SMILES string of the molecule is COC(=O)c1ccc(F)c(NC(=O)c2cc3cc(Cl)ccc3o2)c1. The maximum absolute atomic E-state index is 13.9. The molecule has 5 nitrogen and oxygen atoms in total. The van der Waals surface area contributed by atoms with Crippen LogP contribution in [0.4, 0.5) is 10.1 Å². The van der Waals surface area contributed by atoms with E-state index >= 15 is 0 Å². The summed E-state index contributed by atoms with van der Waals surface area (Å²) in [6, 6.07) is 9.94. The minimum absolute atomic E-state index is 0.00450. The number of furan rings is 1. The van der Waals surface area contributed by atoms with E-state index in [4.69, 9.17) is 16.0 Å². The minimum atomic E-state index is -0.685. The number of ether oxygens (including phenoxy) is 1. The van der Waals surface area contributed by atoms with Gasteiger partial charge in [-0.15, -0.1) is 0 Å². The Balaban J connectivity index is 1.89. The Labute approximate surface area is 141 Å². The van der Waals surface area contributed by atoms with Crippen LogP contribution in [0.3, 0.4) is 0 Å². The molecular weight excluding hydrogens is 337 g/mol. The van der Waals surface area contributed by atoms with Gasteiger partial charge in [0, 0.05) is 10.4 Å². The molecule has 0 aliphatic carbocycles.